The molecule has 0 radical (unpaired) electrons. The van der Waals surface area contributed by atoms with E-state index >= 15 is 0 Å². The first-order valence-electron chi connectivity index (χ1n) is 7.56. The number of aliphatic hydroxyl groups excluding tert-OH is 1. The number of nitrogens with one attached hydrogen (secondary N) is 2. The number of hydrogen-bond acceptors (Lipinski definition) is 3. The van der Waals surface area contributed by atoms with Crippen molar-refractivity contribution >= 4 is 11.7 Å². The predicted octanol–water partition coefficient (Wildman–Crippen LogP) is 2.20. The minimum Gasteiger partial charge on any atom is -0.389 e. The zero-order valence-corrected chi connectivity index (χ0v) is 12.8. The van der Waals surface area contributed by atoms with Crippen molar-refractivity contribution in [2.75, 3.05) is 32.0 Å². The molecule has 2 amide bonds. The second-order valence-corrected chi connectivity index (χ2v) is 5.91. The van der Waals surface area contributed by atoms with Gasteiger partial charge in [-0.3, -0.25) is 0 Å². The highest BCUT2D eigenvalue weighted by atomic mass is 16.3. The van der Waals surface area contributed by atoms with Crippen LogP contribution in [0.15, 0.2) is 24.3 Å². The molecule has 5 nitrogen and oxygen atoms in total. The molecule has 0 aliphatic carbocycles. The number of rotatable bonds is 4. The summed E-state index contributed by atoms with van der Waals surface area (Å²) in [6.07, 6.45) is 1.83. The van der Waals surface area contributed by atoms with E-state index in [2.05, 4.69) is 22.6 Å². The first-order valence-corrected chi connectivity index (χ1v) is 7.56. The smallest absolute Gasteiger partial charge is 0.319 e. The highest BCUT2D eigenvalue weighted by Gasteiger charge is 2.17. The molecule has 5 heteroatoms. The molecular weight excluding hydrogens is 266 g/mol. The summed E-state index contributed by atoms with van der Waals surface area (Å²) in [6.45, 7) is 4.59. The number of hydrogen-bond donors (Lipinski definition) is 3. The second kappa shape index (κ2) is 7.43. The number of benzene rings is 1. The molecule has 2 unspecified atom stereocenters. The van der Waals surface area contributed by atoms with Crippen LogP contribution in [0.2, 0.25) is 0 Å². The standard InChI is InChI=1S/C16H25N3O2/c1-12(20)14-6-3-7-15(9-14)18-16(21)17-10-13-5-4-8-19(2)11-13/h3,6-7,9,12-13,20H,4-5,8,10-11H2,1-2H3,(H2,17,18,21). The molecule has 1 saturated heterocycles. The van der Waals surface area contributed by atoms with Crippen molar-refractivity contribution in [3.05, 3.63) is 29.8 Å². The molecule has 1 aromatic rings. The van der Waals surface area contributed by atoms with Crippen molar-refractivity contribution in [1.82, 2.24) is 10.2 Å². The van der Waals surface area contributed by atoms with E-state index in [4.69, 9.17) is 0 Å². The molecule has 0 aromatic heterocycles. The Morgan fingerprint density at radius 2 is 2.33 bits per heavy atom. The number of piperidine rings is 1. The van der Waals surface area contributed by atoms with Crippen LogP contribution >= 0.6 is 0 Å². The van der Waals surface area contributed by atoms with Gasteiger partial charge >= 0.3 is 6.03 Å². The number of likely N-dealkylation sites (tertiary alicyclic amines) is 1. The van der Waals surface area contributed by atoms with E-state index in [1.54, 1.807) is 13.0 Å². The third-order valence-electron chi connectivity index (χ3n) is 3.90. The Morgan fingerprint density at radius 3 is 3.05 bits per heavy atom. The fourth-order valence-electron chi connectivity index (χ4n) is 2.73. The number of aliphatic hydroxyl groups is 1. The second-order valence-electron chi connectivity index (χ2n) is 5.91. The van der Waals surface area contributed by atoms with E-state index in [0.29, 0.717) is 18.2 Å². The maximum absolute atomic E-state index is 11.9. The molecule has 0 bridgehead atoms. The minimum atomic E-state index is -0.535. The van der Waals surface area contributed by atoms with Crippen LogP contribution in [0.3, 0.4) is 0 Å². The Bertz CT molecular complexity index is 476. The largest absolute Gasteiger partial charge is 0.389 e. The van der Waals surface area contributed by atoms with Crippen LogP contribution in [0.5, 0.6) is 0 Å². The molecule has 21 heavy (non-hydrogen) atoms. The SMILES string of the molecule is CC(O)c1cccc(NC(=O)NCC2CCCN(C)C2)c1. The first-order chi connectivity index (χ1) is 10.0. The van der Waals surface area contributed by atoms with E-state index < -0.39 is 6.10 Å². The molecular formula is C16H25N3O2. The van der Waals surface area contributed by atoms with Gasteiger partial charge in [0.2, 0.25) is 0 Å². The summed E-state index contributed by atoms with van der Waals surface area (Å²) < 4.78 is 0. The topological polar surface area (TPSA) is 64.6 Å². The zero-order valence-electron chi connectivity index (χ0n) is 12.8. The molecule has 1 fully saturated rings. The van der Waals surface area contributed by atoms with Gasteiger partial charge in [-0.25, -0.2) is 4.79 Å². The van der Waals surface area contributed by atoms with Crippen molar-refractivity contribution in [2.45, 2.75) is 25.9 Å². The van der Waals surface area contributed by atoms with Gasteiger partial charge in [0, 0.05) is 18.8 Å². The highest BCUT2D eigenvalue weighted by molar-refractivity contribution is 5.89. The van der Waals surface area contributed by atoms with Gasteiger partial charge in [-0.1, -0.05) is 12.1 Å². The predicted molar refractivity (Wildman–Crippen MR) is 84.3 cm³/mol. The molecule has 2 atom stereocenters. The average Bonchev–Trinajstić information content (AvgIpc) is 2.45. The van der Waals surface area contributed by atoms with Crippen LogP contribution in [-0.2, 0) is 0 Å². The van der Waals surface area contributed by atoms with Crippen molar-refractivity contribution in [3.63, 3.8) is 0 Å². The van der Waals surface area contributed by atoms with Gasteiger partial charge in [-0.2, -0.15) is 0 Å². The van der Waals surface area contributed by atoms with E-state index in [0.717, 1.165) is 18.7 Å². The Balaban J connectivity index is 1.80. The zero-order chi connectivity index (χ0) is 15.2. The van der Waals surface area contributed by atoms with E-state index in [1.165, 1.54) is 12.8 Å². The van der Waals surface area contributed by atoms with Crippen molar-refractivity contribution in [2.24, 2.45) is 5.92 Å². The fraction of sp³-hybridized carbons (Fsp3) is 0.562. The summed E-state index contributed by atoms with van der Waals surface area (Å²) in [4.78, 5) is 14.2. The average molecular weight is 291 g/mol. The minimum absolute atomic E-state index is 0.189. The molecule has 3 N–H and O–H groups in total. The lowest BCUT2D eigenvalue weighted by Gasteiger charge is -2.29. The van der Waals surface area contributed by atoms with Gasteiger partial charge < -0.3 is 20.6 Å². The fourth-order valence-corrected chi connectivity index (χ4v) is 2.73. The van der Waals surface area contributed by atoms with E-state index in [-0.39, 0.29) is 6.03 Å². The lowest BCUT2D eigenvalue weighted by Crippen LogP contribution is -2.40. The van der Waals surface area contributed by atoms with Gasteiger partial charge in [0.1, 0.15) is 0 Å². The van der Waals surface area contributed by atoms with Gasteiger partial charge in [0.05, 0.1) is 6.10 Å². The highest BCUT2D eigenvalue weighted by Crippen LogP contribution is 2.17. The summed E-state index contributed by atoms with van der Waals surface area (Å²) in [6, 6.07) is 7.09. The van der Waals surface area contributed by atoms with Crippen LogP contribution < -0.4 is 10.6 Å². The Labute approximate surface area is 126 Å². The third kappa shape index (κ3) is 5.02. The lowest BCUT2D eigenvalue weighted by molar-refractivity contribution is 0.199. The molecule has 1 aliphatic rings. The Hall–Kier alpha value is -1.59. The summed E-state index contributed by atoms with van der Waals surface area (Å²) in [5.74, 6) is 0.526. The monoisotopic (exact) mass is 291 g/mol. The number of carbonyl (C=O) groups is 1. The van der Waals surface area contributed by atoms with Crippen molar-refractivity contribution in [3.8, 4) is 0 Å². The van der Waals surface area contributed by atoms with E-state index in [1.807, 2.05) is 18.2 Å². The Morgan fingerprint density at radius 1 is 1.52 bits per heavy atom. The maximum Gasteiger partial charge on any atom is 0.319 e. The number of anilines is 1. The van der Waals surface area contributed by atoms with Crippen LogP contribution in [0, 0.1) is 5.92 Å². The Kier molecular flexibility index (Phi) is 5.59. The summed E-state index contributed by atoms with van der Waals surface area (Å²) in [5.41, 5.74) is 1.49. The van der Waals surface area contributed by atoms with Crippen molar-refractivity contribution < 1.29 is 9.90 Å². The molecule has 1 heterocycles. The van der Waals surface area contributed by atoms with Gasteiger partial charge in [-0.15, -0.1) is 0 Å². The van der Waals surface area contributed by atoms with Crippen LogP contribution in [0.25, 0.3) is 0 Å². The third-order valence-corrected chi connectivity index (χ3v) is 3.90. The van der Waals surface area contributed by atoms with Gasteiger partial charge in [0.15, 0.2) is 0 Å². The normalized spacial score (nSPS) is 20.8. The molecule has 0 saturated carbocycles. The number of nitrogens with zero attached hydrogens (tertiary/aromatic N) is 1. The molecule has 0 spiro atoms. The number of urea groups is 1. The summed E-state index contributed by atoms with van der Waals surface area (Å²) >= 11 is 0. The lowest BCUT2D eigenvalue weighted by atomic mass is 9.99. The van der Waals surface area contributed by atoms with E-state index in [9.17, 15) is 9.90 Å². The van der Waals surface area contributed by atoms with Gasteiger partial charge in [0.25, 0.3) is 0 Å². The maximum atomic E-state index is 11.9. The van der Waals surface area contributed by atoms with Crippen LogP contribution in [0.1, 0.15) is 31.4 Å². The summed E-state index contributed by atoms with van der Waals surface area (Å²) in [7, 11) is 2.12. The first kappa shape index (κ1) is 15.8. The number of amides is 2. The molecule has 1 aliphatic heterocycles. The van der Waals surface area contributed by atoms with Crippen molar-refractivity contribution in [1.29, 1.82) is 0 Å². The number of carbonyl (C=O) groups excluding carboxylic acids is 1. The van der Waals surface area contributed by atoms with Crippen LogP contribution in [0.4, 0.5) is 10.5 Å². The quantitative estimate of drug-likeness (QED) is 0.797. The summed E-state index contributed by atoms with van der Waals surface area (Å²) in [5, 5.41) is 15.3. The molecule has 1 aromatic carbocycles. The van der Waals surface area contributed by atoms with Crippen LogP contribution in [-0.4, -0.2) is 42.7 Å². The van der Waals surface area contributed by atoms with Gasteiger partial charge in [-0.05, 0) is 57.0 Å². The molecule has 116 valence electrons. The molecule has 2 rings (SSSR count).